The molecule has 1 aromatic carbocycles. The van der Waals surface area contributed by atoms with E-state index < -0.39 is 6.10 Å². The standard InChI is InChI=1S/C17H29NO/c1-6-11-17(5,16(18)15(19)12(2)3)14-9-7-13(4)8-10-14/h7-10,12,15-16,19H,6,11,18H2,1-5H3. The average molecular weight is 263 g/mol. The summed E-state index contributed by atoms with van der Waals surface area (Å²) in [6.07, 6.45) is 1.57. The van der Waals surface area contributed by atoms with E-state index in [4.69, 9.17) is 5.73 Å². The van der Waals surface area contributed by atoms with Crippen molar-refractivity contribution in [2.45, 2.75) is 65.0 Å². The molecule has 0 spiro atoms. The summed E-state index contributed by atoms with van der Waals surface area (Å²) in [5.74, 6) is 0.177. The van der Waals surface area contributed by atoms with Gasteiger partial charge in [0.25, 0.3) is 0 Å². The molecule has 3 atom stereocenters. The number of aliphatic hydroxyl groups is 1. The second-order valence-corrected chi connectivity index (χ2v) is 6.29. The normalized spacial score (nSPS) is 18.1. The van der Waals surface area contributed by atoms with E-state index in [0.29, 0.717) is 0 Å². The molecule has 0 fully saturated rings. The number of hydrogen-bond donors (Lipinski definition) is 2. The van der Waals surface area contributed by atoms with E-state index in [1.807, 2.05) is 13.8 Å². The molecule has 2 nitrogen and oxygen atoms in total. The average Bonchev–Trinajstić information content (AvgIpc) is 2.37. The van der Waals surface area contributed by atoms with Crippen LogP contribution in [0.1, 0.15) is 51.7 Å². The van der Waals surface area contributed by atoms with Gasteiger partial charge in [-0.3, -0.25) is 0 Å². The fraction of sp³-hybridized carbons (Fsp3) is 0.647. The van der Waals surface area contributed by atoms with Crippen LogP contribution in [-0.2, 0) is 5.41 Å². The lowest BCUT2D eigenvalue weighted by molar-refractivity contribution is 0.0648. The molecule has 0 aliphatic rings. The first-order valence-corrected chi connectivity index (χ1v) is 7.33. The lowest BCUT2D eigenvalue weighted by Crippen LogP contribution is -2.52. The van der Waals surface area contributed by atoms with Crippen molar-refractivity contribution in [1.82, 2.24) is 0 Å². The molecule has 0 aliphatic carbocycles. The van der Waals surface area contributed by atoms with Crippen LogP contribution in [0.4, 0.5) is 0 Å². The van der Waals surface area contributed by atoms with Crippen molar-refractivity contribution < 1.29 is 5.11 Å². The number of rotatable bonds is 6. The van der Waals surface area contributed by atoms with Gasteiger partial charge in [-0.15, -0.1) is 0 Å². The van der Waals surface area contributed by atoms with Crippen molar-refractivity contribution in [1.29, 1.82) is 0 Å². The van der Waals surface area contributed by atoms with Gasteiger partial charge in [-0.25, -0.2) is 0 Å². The Hall–Kier alpha value is -0.860. The molecule has 108 valence electrons. The Morgan fingerprint density at radius 1 is 1.21 bits per heavy atom. The molecule has 0 radical (unpaired) electrons. The summed E-state index contributed by atoms with van der Waals surface area (Å²) in [6, 6.07) is 8.31. The number of nitrogens with two attached hydrogens (primary N) is 1. The monoisotopic (exact) mass is 263 g/mol. The van der Waals surface area contributed by atoms with Gasteiger partial charge in [-0.05, 0) is 24.8 Å². The van der Waals surface area contributed by atoms with E-state index in [1.165, 1.54) is 11.1 Å². The molecule has 1 rings (SSSR count). The lowest BCUT2D eigenvalue weighted by atomic mass is 9.69. The van der Waals surface area contributed by atoms with E-state index in [-0.39, 0.29) is 17.4 Å². The third-order valence-corrected chi connectivity index (χ3v) is 4.27. The van der Waals surface area contributed by atoms with Gasteiger partial charge >= 0.3 is 0 Å². The Balaban J connectivity index is 3.12. The molecule has 3 N–H and O–H groups in total. The molecule has 0 saturated heterocycles. The molecular weight excluding hydrogens is 234 g/mol. The zero-order chi connectivity index (χ0) is 14.6. The van der Waals surface area contributed by atoms with Crippen molar-refractivity contribution in [3.05, 3.63) is 35.4 Å². The number of hydrogen-bond acceptors (Lipinski definition) is 2. The summed E-state index contributed by atoms with van der Waals surface area (Å²) in [7, 11) is 0. The molecule has 0 aliphatic heterocycles. The minimum atomic E-state index is -0.474. The summed E-state index contributed by atoms with van der Waals surface area (Å²) in [5, 5.41) is 10.3. The van der Waals surface area contributed by atoms with E-state index >= 15 is 0 Å². The Kier molecular flexibility index (Phi) is 5.57. The number of benzene rings is 1. The minimum Gasteiger partial charge on any atom is -0.391 e. The predicted molar refractivity (Wildman–Crippen MR) is 82.3 cm³/mol. The number of aliphatic hydroxyl groups excluding tert-OH is 1. The Labute approximate surface area is 118 Å². The minimum absolute atomic E-state index is 0.174. The fourth-order valence-electron chi connectivity index (χ4n) is 2.75. The van der Waals surface area contributed by atoms with Crippen LogP contribution >= 0.6 is 0 Å². The van der Waals surface area contributed by atoms with Crippen molar-refractivity contribution in [2.75, 3.05) is 0 Å². The van der Waals surface area contributed by atoms with Crippen LogP contribution in [0.15, 0.2) is 24.3 Å². The summed E-state index contributed by atoms with van der Waals surface area (Å²) < 4.78 is 0. The Morgan fingerprint density at radius 3 is 2.16 bits per heavy atom. The maximum absolute atomic E-state index is 10.3. The fourth-order valence-corrected chi connectivity index (χ4v) is 2.75. The largest absolute Gasteiger partial charge is 0.391 e. The summed E-state index contributed by atoms with van der Waals surface area (Å²) >= 11 is 0. The first-order chi connectivity index (χ1) is 8.82. The van der Waals surface area contributed by atoms with Gasteiger partial charge in [0.1, 0.15) is 0 Å². The third kappa shape index (κ3) is 3.58. The van der Waals surface area contributed by atoms with Gasteiger partial charge in [-0.2, -0.15) is 0 Å². The van der Waals surface area contributed by atoms with Gasteiger partial charge < -0.3 is 10.8 Å². The molecule has 3 unspecified atom stereocenters. The first-order valence-electron chi connectivity index (χ1n) is 7.33. The van der Waals surface area contributed by atoms with E-state index in [9.17, 15) is 5.11 Å². The van der Waals surface area contributed by atoms with Crippen LogP contribution in [0.5, 0.6) is 0 Å². The van der Waals surface area contributed by atoms with Crippen LogP contribution in [-0.4, -0.2) is 17.3 Å². The van der Waals surface area contributed by atoms with Crippen LogP contribution in [0, 0.1) is 12.8 Å². The van der Waals surface area contributed by atoms with E-state index in [1.54, 1.807) is 0 Å². The van der Waals surface area contributed by atoms with Crippen molar-refractivity contribution in [3.8, 4) is 0 Å². The zero-order valence-corrected chi connectivity index (χ0v) is 13.0. The molecule has 0 heterocycles. The molecule has 0 amide bonds. The van der Waals surface area contributed by atoms with Crippen LogP contribution < -0.4 is 5.73 Å². The van der Waals surface area contributed by atoms with Gasteiger partial charge in [0.15, 0.2) is 0 Å². The van der Waals surface area contributed by atoms with Gasteiger partial charge in [0, 0.05) is 11.5 Å². The summed E-state index contributed by atoms with van der Waals surface area (Å²) in [6.45, 7) is 10.5. The van der Waals surface area contributed by atoms with E-state index in [2.05, 4.69) is 45.0 Å². The van der Waals surface area contributed by atoms with Gasteiger partial charge in [0.05, 0.1) is 6.10 Å². The van der Waals surface area contributed by atoms with Crippen LogP contribution in [0.25, 0.3) is 0 Å². The smallest absolute Gasteiger partial charge is 0.0722 e. The highest BCUT2D eigenvalue weighted by Crippen LogP contribution is 2.34. The molecule has 2 heteroatoms. The Bertz CT molecular complexity index is 385. The van der Waals surface area contributed by atoms with Gasteiger partial charge in [-0.1, -0.05) is 63.9 Å². The van der Waals surface area contributed by atoms with Crippen LogP contribution in [0.2, 0.25) is 0 Å². The highest BCUT2D eigenvalue weighted by molar-refractivity contribution is 5.30. The SMILES string of the molecule is CCCC(C)(c1ccc(C)cc1)C(N)C(O)C(C)C. The van der Waals surface area contributed by atoms with Crippen molar-refractivity contribution in [2.24, 2.45) is 11.7 Å². The molecule has 0 bridgehead atoms. The second kappa shape index (κ2) is 6.53. The third-order valence-electron chi connectivity index (χ3n) is 4.27. The molecule has 19 heavy (non-hydrogen) atoms. The van der Waals surface area contributed by atoms with Crippen molar-refractivity contribution in [3.63, 3.8) is 0 Å². The second-order valence-electron chi connectivity index (χ2n) is 6.29. The molecular formula is C17H29NO. The Morgan fingerprint density at radius 2 is 1.74 bits per heavy atom. The quantitative estimate of drug-likeness (QED) is 0.826. The predicted octanol–water partition coefficient (Wildman–Crippen LogP) is 3.40. The summed E-state index contributed by atoms with van der Waals surface area (Å²) in [5.41, 5.74) is 8.71. The zero-order valence-electron chi connectivity index (χ0n) is 13.0. The van der Waals surface area contributed by atoms with E-state index in [0.717, 1.165) is 12.8 Å². The maximum atomic E-state index is 10.3. The molecule has 1 aromatic rings. The van der Waals surface area contributed by atoms with Gasteiger partial charge in [0.2, 0.25) is 0 Å². The van der Waals surface area contributed by atoms with Crippen LogP contribution in [0.3, 0.4) is 0 Å². The summed E-state index contributed by atoms with van der Waals surface area (Å²) in [4.78, 5) is 0. The lowest BCUT2D eigenvalue weighted by Gasteiger charge is -2.40. The topological polar surface area (TPSA) is 46.2 Å². The highest BCUT2D eigenvalue weighted by atomic mass is 16.3. The number of aryl methyl sites for hydroxylation is 1. The molecule has 0 aromatic heterocycles. The molecule has 0 saturated carbocycles. The maximum Gasteiger partial charge on any atom is 0.0722 e. The van der Waals surface area contributed by atoms with Crippen molar-refractivity contribution >= 4 is 0 Å². The highest BCUT2D eigenvalue weighted by Gasteiger charge is 2.37. The first kappa shape index (κ1) is 16.2.